The van der Waals surface area contributed by atoms with Gasteiger partial charge in [0, 0.05) is 18.7 Å². The van der Waals surface area contributed by atoms with Crippen LogP contribution in [0.25, 0.3) is 0 Å². The summed E-state index contributed by atoms with van der Waals surface area (Å²) in [5.41, 5.74) is 1.88. The highest BCUT2D eigenvalue weighted by Crippen LogP contribution is 2.29. The van der Waals surface area contributed by atoms with Gasteiger partial charge in [-0.05, 0) is 23.0 Å². The van der Waals surface area contributed by atoms with E-state index in [2.05, 4.69) is 33.0 Å². The van der Waals surface area contributed by atoms with Gasteiger partial charge in [-0.1, -0.05) is 45.9 Å². The van der Waals surface area contributed by atoms with E-state index in [1.165, 1.54) is 0 Å². The normalized spacial score (nSPS) is 16.8. The van der Waals surface area contributed by atoms with E-state index >= 15 is 0 Å². The average molecular weight is 288 g/mol. The molecule has 0 fully saturated rings. The molecule has 0 saturated carbocycles. The van der Waals surface area contributed by atoms with E-state index in [4.69, 9.17) is 0 Å². The lowest BCUT2D eigenvalue weighted by Gasteiger charge is -2.29. The van der Waals surface area contributed by atoms with E-state index in [9.17, 15) is 9.59 Å². The maximum absolute atomic E-state index is 12.5. The SMILES string of the molecule is CC(CC(=O)N1CC(=O)Nc2ccccc2C1)C(C)(C)C. The number of hydrogen-bond acceptors (Lipinski definition) is 2. The molecule has 4 nitrogen and oxygen atoms in total. The van der Waals surface area contributed by atoms with E-state index in [1.807, 2.05) is 24.3 Å². The number of benzene rings is 1. The second-order valence-electron chi connectivity index (χ2n) is 6.93. The smallest absolute Gasteiger partial charge is 0.244 e. The van der Waals surface area contributed by atoms with Crippen LogP contribution in [0, 0.1) is 11.3 Å². The van der Waals surface area contributed by atoms with Gasteiger partial charge in [-0.2, -0.15) is 0 Å². The van der Waals surface area contributed by atoms with E-state index in [0.717, 1.165) is 11.3 Å². The van der Waals surface area contributed by atoms with Crippen LogP contribution in [0.1, 0.15) is 39.7 Å². The van der Waals surface area contributed by atoms with Crippen LogP contribution in [0.2, 0.25) is 0 Å². The van der Waals surface area contributed by atoms with Gasteiger partial charge < -0.3 is 10.2 Å². The minimum absolute atomic E-state index is 0.0456. The molecule has 2 amide bonds. The summed E-state index contributed by atoms with van der Waals surface area (Å²) in [5, 5.41) is 2.86. The first-order valence-corrected chi connectivity index (χ1v) is 7.43. The van der Waals surface area contributed by atoms with Gasteiger partial charge in [-0.25, -0.2) is 0 Å². The molecule has 1 aromatic rings. The summed E-state index contributed by atoms with van der Waals surface area (Å²) < 4.78 is 0. The third-order valence-electron chi connectivity index (χ3n) is 4.30. The van der Waals surface area contributed by atoms with Crippen molar-refractivity contribution >= 4 is 17.5 Å². The van der Waals surface area contributed by atoms with Gasteiger partial charge in [0.05, 0.1) is 0 Å². The molecule has 0 aromatic heterocycles. The first kappa shape index (κ1) is 15.5. The highest BCUT2D eigenvalue weighted by molar-refractivity contribution is 5.96. The van der Waals surface area contributed by atoms with Gasteiger partial charge in [0.15, 0.2) is 0 Å². The number of carbonyl (C=O) groups is 2. The Morgan fingerprint density at radius 2 is 1.95 bits per heavy atom. The zero-order valence-corrected chi connectivity index (χ0v) is 13.3. The fourth-order valence-electron chi connectivity index (χ4n) is 2.28. The lowest BCUT2D eigenvalue weighted by Crippen LogP contribution is -2.37. The molecule has 4 heteroatoms. The van der Waals surface area contributed by atoms with Crippen molar-refractivity contribution in [3.8, 4) is 0 Å². The molecule has 1 unspecified atom stereocenters. The summed E-state index contributed by atoms with van der Waals surface area (Å²) in [4.78, 5) is 26.1. The van der Waals surface area contributed by atoms with E-state index in [0.29, 0.717) is 13.0 Å². The molecule has 1 N–H and O–H groups in total. The van der Waals surface area contributed by atoms with Crippen molar-refractivity contribution in [2.45, 2.75) is 40.7 Å². The number of anilines is 1. The van der Waals surface area contributed by atoms with Crippen molar-refractivity contribution < 1.29 is 9.59 Å². The fourth-order valence-corrected chi connectivity index (χ4v) is 2.28. The van der Waals surface area contributed by atoms with Crippen LogP contribution >= 0.6 is 0 Å². The number of nitrogens with zero attached hydrogens (tertiary/aromatic N) is 1. The summed E-state index contributed by atoms with van der Waals surface area (Å²) in [6.45, 7) is 9.11. The van der Waals surface area contributed by atoms with Crippen molar-refractivity contribution in [2.75, 3.05) is 11.9 Å². The maximum Gasteiger partial charge on any atom is 0.244 e. The van der Waals surface area contributed by atoms with Crippen molar-refractivity contribution in [3.63, 3.8) is 0 Å². The minimum Gasteiger partial charge on any atom is -0.329 e. The van der Waals surface area contributed by atoms with E-state index < -0.39 is 0 Å². The van der Waals surface area contributed by atoms with Crippen molar-refractivity contribution in [1.29, 1.82) is 0 Å². The summed E-state index contributed by atoms with van der Waals surface area (Å²) >= 11 is 0. The molecule has 1 aliphatic rings. The van der Waals surface area contributed by atoms with Crippen molar-refractivity contribution in [2.24, 2.45) is 11.3 Å². The fraction of sp³-hybridized carbons (Fsp3) is 0.529. The Morgan fingerprint density at radius 3 is 2.62 bits per heavy atom. The molecule has 0 saturated heterocycles. The predicted molar refractivity (Wildman–Crippen MR) is 83.7 cm³/mol. The third-order valence-corrected chi connectivity index (χ3v) is 4.30. The first-order chi connectivity index (χ1) is 9.77. The van der Waals surface area contributed by atoms with E-state index in [1.54, 1.807) is 4.90 Å². The van der Waals surface area contributed by atoms with Crippen molar-refractivity contribution in [1.82, 2.24) is 4.90 Å². The molecule has 0 radical (unpaired) electrons. The topological polar surface area (TPSA) is 49.4 Å². The highest BCUT2D eigenvalue weighted by atomic mass is 16.2. The lowest BCUT2D eigenvalue weighted by molar-refractivity contribution is -0.136. The molecule has 114 valence electrons. The van der Waals surface area contributed by atoms with Gasteiger partial charge >= 0.3 is 0 Å². The summed E-state index contributed by atoms with van der Waals surface area (Å²) in [7, 11) is 0. The molecule has 2 rings (SSSR count). The van der Waals surface area contributed by atoms with Crippen molar-refractivity contribution in [3.05, 3.63) is 29.8 Å². The standard InChI is InChI=1S/C17H24N2O2/c1-12(17(2,3)4)9-16(21)19-10-13-7-5-6-8-14(13)18-15(20)11-19/h5-8,12H,9-11H2,1-4H3,(H,18,20). The Labute approximate surface area is 126 Å². The van der Waals surface area contributed by atoms with Gasteiger partial charge in [0.1, 0.15) is 6.54 Å². The highest BCUT2D eigenvalue weighted by Gasteiger charge is 2.27. The number of carbonyl (C=O) groups excluding carboxylic acids is 2. The van der Waals surface area contributed by atoms with Crippen LogP contribution in [-0.2, 0) is 16.1 Å². The number of amides is 2. The molecular formula is C17H24N2O2. The van der Waals surface area contributed by atoms with Crippen LogP contribution in [-0.4, -0.2) is 23.3 Å². The monoisotopic (exact) mass is 288 g/mol. The second-order valence-corrected chi connectivity index (χ2v) is 6.93. The Bertz CT molecular complexity index is 546. The first-order valence-electron chi connectivity index (χ1n) is 7.43. The molecule has 1 aromatic carbocycles. The zero-order valence-electron chi connectivity index (χ0n) is 13.3. The number of para-hydroxylation sites is 1. The summed E-state index contributed by atoms with van der Waals surface area (Å²) in [5.74, 6) is 0.188. The van der Waals surface area contributed by atoms with Crippen LogP contribution in [0.5, 0.6) is 0 Å². The Morgan fingerprint density at radius 1 is 1.29 bits per heavy atom. The summed E-state index contributed by atoms with van der Waals surface area (Å²) in [6.07, 6.45) is 0.471. The van der Waals surface area contributed by atoms with Crippen LogP contribution in [0.15, 0.2) is 24.3 Å². The van der Waals surface area contributed by atoms with Crippen LogP contribution < -0.4 is 5.32 Å². The molecule has 0 bridgehead atoms. The Hall–Kier alpha value is -1.84. The van der Waals surface area contributed by atoms with Gasteiger partial charge in [-0.15, -0.1) is 0 Å². The molecule has 21 heavy (non-hydrogen) atoms. The van der Waals surface area contributed by atoms with Gasteiger partial charge in [0.2, 0.25) is 11.8 Å². The van der Waals surface area contributed by atoms with E-state index in [-0.39, 0.29) is 29.7 Å². The number of rotatable bonds is 2. The molecular weight excluding hydrogens is 264 g/mol. The molecule has 1 heterocycles. The van der Waals surface area contributed by atoms with Gasteiger partial charge in [-0.3, -0.25) is 9.59 Å². The minimum atomic E-state index is -0.128. The number of fused-ring (bicyclic) bond motifs is 1. The maximum atomic E-state index is 12.5. The Balaban J connectivity index is 2.13. The Kier molecular flexibility index (Phi) is 4.35. The summed E-state index contributed by atoms with van der Waals surface area (Å²) in [6, 6.07) is 7.64. The number of nitrogens with one attached hydrogen (secondary N) is 1. The number of hydrogen-bond donors (Lipinski definition) is 1. The largest absolute Gasteiger partial charge is 0.329 e. The zero-order chi connectivity index (χ0) is 15.6. The molecule has 0 aliphatic carbocycles. The molecule has 1 atom stereocenters. The predicted octanol–water partition coefficient (Wildman–Crippen LogP) is 3.04. The second kappa shape index (κ2) is 5.88. The average Bonchev–Trinajstić information content (AvgIpc) is 2.55. The third kappa shape index (κ3) is 3.84. The lowest BCUT2D eigenvalue weighted by atomic mass is 9.80. The molecule has 1 aliphatic heterocycles. The van der Waals surface area contributed by atoms with Gasteiger partial charge in [0.25, 0.3) is 0 Å². The van der Waals surface area contributed by atoms with Crippen LogP contribution in [0.3, 0.4) is 0 Å². The van der Waals surface area contributed by atoms with Crippen LogP contribution in [0.4, 0.5) is 5.69 Å². The quantitative estimate of drug-likeness (QED) is 0.909. The molecule has 0 spiro atoms.